The Labute approximate surface area is 179 Å². The van der Waals surface area contributed by atoms with Gasteiger partial charge >= 0.3 is 0 Å². The minimum atomic E-state index is -3.60. The summed E-state index contributed by atoms with van der Waals surface area (Å²) >= 11 is 7.37. The van der Waals surface area contributed by atoms with Crippen LogP contribution in [-0.4, -0.2) is 44.2 Å². The molecule has 0 atom stereocenters. The first kappa shape index (κ1) is 21.8. The second kappa shape index (κ2) is 9.71. The average Bonchev–Trinajstić information content (AvgIpc) is 3.24. The number of thiophene rings is 1. The molecule has 10 heteroatoms. The second-order valence-electron chi connectivity index (χ2n) is 6.71. The van der Waals surface area contributed by atoms with Gasteiger partial charge in [0.25, 0.3) is 0 Å². The maximum absolute atomic E-state index is 12.7. The Bertz CT molecular complexity index is 938. The number of nitrogens with zero attached hydrogens (tertiary/aromatic N) is 1. The second-order valence-corrected chi connectivity index (χ2v) is 10.1. The van der Waals surface area contributed by atoms with Gasteiger partial charge in [-0.3, -0.25) is 9.59 Å². The van der Waals surface area contributed by atoms with Crippen LogP contribution in [-0.2, 0) is 26.2 Å². The summed E-state index contributed by atoms with van der Waals surface area (Å²) < 4.78 is 26.8. The van der Waals surface area contributed by atoms with Crippen LogP contribution in [0, 0.1) is 5.92 Å². The van der Waals surface area contributed by atoms with Crippen LogP contribution >= 0.6 is 22.9 Å². The number of hydrogen-bond donors (Lipinski definition) is 2. The van der Waals surface area contributed by atoms with E-state index >= 15 is 0 Å². The van der Waals surface area contributed by atoms with E-state index in [2.05, 4.69) is 10.6 Å². The number of amides is 2. The van der Waals surface area contributed by atoms with E-state index < -0.39 is 10.0 Å². The molecule has 1 aromatic heterocycles. The van der Waals surface area contributed by atoms with Crippen molar-refractivity contribution in [1.29, 1.82) is 0 Å². The van der Waals surface area contributed by atoms with Crippen molar-refractivity contribution in [3.63, 3.8) is 0 Å². The summed E-state index contributed by atoms with van der Waals surface area (Å²) in [6.07, 6.45) is 0.824. The highest BCUT2D eigenvalue weighted by molar-refractivity contribution is 7.89. The van der Waals surface area contributed by atoms with Crippen LogP contribution in [0.4, 0.5) is 0 Å². The van der Waals surface area contributed by atoms with E-state index in [0.29, 0.717) is 24.4 Å². The number of piperidine rings is 1. The highest BCUT2D eigenvalue weighted by atomic mass is 35.5. The van der Waals surface area contributed by atoms with Crippen LogP contribution in [0.1, 0.15) is 17.7 Å². The third kappa shape index (κ3) is 5.79. The van der Waals surface area contributed by atoms with Gasteiger partial charge in [-0.05, 0) is 48.6 Å². The maximum Gasteiger partial charge on any atom is 0.243 e. The zero-order valence-corrected chi connectivity index (χ0v) is 18.0. The minimum Gasteiger partial charge on any atom is -0.350 e. The minimum absolute atomic E-state index is 0.0898. The highest BCUT2D eigenvalue weighted by Crippen LogP contribution is 2.24. The van der Waals surface area contributed by atoms with Crippen LogP contribution < -0.4 is 10.6 Å². The smallest absolute Gasteiger partial charge is 0.243 e. The molecule has 3 rings (SSSR count). The quantitative estimate of drug-likeness (QED) is 0.669. The van der Waals surface area contributed by atoms with Crippen molar-refractivity contribution in [1.82, 2.24) is 14.9 Å². The Balaban J connectivity index is 1.44. The van der Waals surface area contributed by atoms with Gasteiger partial charge in [-0.1, -0.05) is 17.7 Å². The Morgan fingerprint density at radius 3 is 2.41 bits per heavy atom. The van der Waals surface area contributed by atoms with Gasteiger partial charge < -0.3 is 10.6 Å². The first-order valence-corrected chi connectivity index (χ1v) is 11.9. The number of hydrogen-bond acceptors (Lipinski definition) is 5. The number of benzene rings is 1. The molecule has 2 N–H and O–H groups in total. The zero-order chi connectivity index (χ0) is 20.9. The molecule has 0 spiro atoms. The predicted octanol–water partition coefficient (Wildman–Crippen LogP) is 2.23. The summed E-state index contributed by atoms with van der Waals surface area (Å²) in [5.74, 6) is -0.786. The van der Waals surface area contributed by atoms with Crippen LogP contribution in [0.5, 0.6) is 0 Å². The van der Waals surface area contributed by atoms with E-state index in [-0.39, 0.29) is 42.3 Å². The number of nitrogens with one attached hydrogen (secondary N) is 2. The Morgan fingerprint density at radius 2 is 1.79 bits per heavy atom. The molecule has 0 bridgehead atoms. The number of halogens is 1. The normalized spacial score (nSPS) is 15.8. The summed E-state index contributed by atoms with van der Waals surface area (Å²) in [6, 6.07) is 9.87. The van der Waals surface area contributed by atoms with Gasteiger partial charge in [0.05, 0.1) is 18.0 Å². The lowest BCUT2D eigenvalue weighted by Crippen LogP contribution is -2.45. The number of rotatable bonds is 7. The number of carbonyl (C=O) groups is 2. The summed E-state index contributed by atoms with van der Waals surface area (Å²) in [5.41, 5.74) is 0. The van der Waals surface area contributed by atoms with Gasteiger partial charge in [0.15, 0.2) is 0 Å². The fourth-order valence-corrected chi connectivity index (χ4v) is 5.33. The Kier molecular flexibility index (Phi) is 7.28. The molecule has 156 valence electrons. The zero-order valence-electron chi connectivity index (χ0n) is 15.6. The molecule has 2 amide bonds. The van der Waals surface area contributed by atoms with Gasteiger partial charge in [0.2, 0.25) is 21.8 Å². The molecule has 1 saturated heterocycles. The summed E-state index contributed by atoms with van der Waals surface area (Å²) in [7, 11) is -3.60. The van der Waals surface area contributed by atoms with Crippen molar-refractivity contribution in [2.45, 2.75) is 24.3 Å². The molecule has 1 aliphatic rings. The molecule has 0 unspecified atom stereocenters. The van der Waals surface area contributed by atoms with E-state index in [1.807, 2.05) is 17.5 Å². The molecule has 1 aliphatic heterocycles. The van der Waals surface area contributed by atoms with Crippen molar-refractivity contribution < 1.29 is 18.0 Å². The summed E-state index contributed by atoms with van der Waals surface area (Å²) in [5, 5.41) is 7.80. The molecular weight excluding hydrogens is 434 g/mol. The van der Waals surface area contributed by atoms with Crippen LogP contribution in [0.15, 0.2) is 46.7 Å². The van der Waals surface area contributed by atoms with Crippen molar-refractivity contribution in [3.8, 4) is 0 Å². The lowest BCUT2D eigenvalue weighted by atomic mass is 9.97. The van der Waals surface area contributed by atoms with Crippen LogP contribution in [0.25, 0.3) is 0 Å². The van der Waals surface area contributed by atoms with E-state index in [0.717, 1.165) is 4.88 Å². The van der Waals surface area contributed by atoms with Gasteiger partial charge in [-0.2, -0.15) is 4.31 Å². The molecule has 1 aromatic carbocycles. The van der Waals surface area contributed by atoms with E-state index in [1.165, 1.54) is 28.6 Å². The summed E-state index contributed by atoms with van der Waals surface area (Å²) in [4.78, 5) is 25.4. The fraction of sp³-hybridized carbons (Fsp3) is 0.368. The number of sulfonamides is 1. The lowest BCUT2D eigenvalue weighted by Gasteiger charge is -2.30. The molecule has 29 heavy (non-hydrogen) atoms. The lowest BCUT2D eigenvalue weighted by molar-refractivity contribution is -0.129. The van der Waals surface area contributed by atoms with Gasteiger partial charge in [0, 0.05) is 28.9 Å². The molecule has 0 saturated carbocycles. The Hall–Kier alpha value is -1.94. The third-order valence-electron chi connectivity index (χ3n) is 4.74. The molecule has 0 aliphatic carbocycles. The molecule has 0 radical (unpaired) electrons. The van der Waals surface area contributed by atoms with Gasteiger partial charge in [-0.15, -0.1) is 11.3 Å². The summed E-state index contributed by atoms with van der Waals surface area (Å²) in [6.45, 7) is 0.863. The van der Waals surface area contributed by atoms with Crippen molar-refractivity contribution >= 4 is 44.8 Å². The topological polar surface area (TPSA) is 95.6 Å². The monoisotopic (exact) mass is 455 g/mol. The fourth-order valence-electron chi connectivity index (χ4n) is 3.09. The molecule has 2 aromatic rings. The third-order valence-corrected chi connectivity index (χ3v) is 7.78. The van der Waals surface area contributed by atoms with Gasteiger partial charge in [-0.25, -0.2) is 8.42 Å². The maximum atomic E-state index is 12.7. The first-order chi connectivity index (χ1) is 13.9. The van der Waals surface area contributed by atoms with Crippen LogP contribution in [0.3, 0.4) is 0 Å². The first-order valence-electron chi connectivity index (χ1n) is 9.19. The number of carbonyl (C=O) groups excluding carboxylic acids is 2. The van der Waals surface area contributed by atoms with E-state index in [4.69, 9.17) is 11.6 Å². The van der Waals surface area contributed by atoms with Crippen molar-refractivity contribution in [3.05, 3.63) is 51.7 Å². The van der Waals surface area contributed by atoms with Crippen LogP contribution in [0.2, 0.25) is 5.02 Å². The average molecular weight is 456 g/mol. The van der Waals surface area contributed by atoms with Crippen molar-refractivity contribution in [2.75, 3.05) is 19.6 Å². The highest BCUT2D eigenvalue weighted by Gasteiger charge is 2.32. The Morgan fingerprint density at radius 1 is 1.10 bits per heavy atom. The SMILES string of the molecule is O=C(CNC(=O)C1CCN(S(=O)(=O)c2ccc(Cl)cc2)CC1)NCc1cccs1. The molecular formula is C19H22ClN3O4S2. The van der Waals surface area contributed by atoms with Gasteiger partial charge in [0.1, 0.15) is 0 Å². The largest absolute Gasteiger partial charge is 0.350 e. The van der Waals surface area contributed by atoms with E-state index in [1.54, 1.807) is 11.3 Å². The standard InChI is InChI=1S/C19H22ClN3O4S2/c20-15-3-5-17(6-4-15)29(26,27)23-9-7-14(8-10-23)19(25)22-13-18(24)21-12-16-2-1-11-28-16/h1-6,11,14H,7-10,12-13H2,(H,21,24)(H,22,25). The van der Waals surface area contributed by atoms with E-state index in [9.17, 15) is 18.0 Å². The molecule has 1 fully saturated rings. The molecule has 2 heterocycles. The predicted molar refractivity (Wildman–Crippen MR) is 112 cm³/mol. The van der Waals surface area contributed by atoms with Crippen molar-refractivity contribution in [2.24, 2.45) is 5.92 Å². The molecule has 7 nitrogen and oxygen atoms in total.